The first-order valence-corrected chi connectivity index (χ1v) is 7.00. The molecule has 0 aliphatic rings. The van der Waals surface area contributed by atoms with E-state index in [9.17, 15) is 8.42 Å². The summed E-state index contributed by atoms with van der Waals surface area (Å²) in [5, 5.41) is 0. The molecule has 0 atom stereocenters. The first-order valence-electron chi connectivity index (χ1n) is 5.51. The highest BCUT2D eigenvalue weighted by Gasteiger charge is 2.14. The number of pyridine rings is 1. The summed E-state index contributed by atoms with van der Waals surface area (Å²) in [7, 11) is -3.57. The van der Waals surface area contributed by atoms with E-state index in [1.54, 1.807) is 12.5 Å². The van der Waals surface area contributed by atoms with E-state index in [1.165, 1.54) is 18.3 Å². The van der Waals surface area contributed by atoms with Crippen molar-refractivity contribution in [2.75, 3.05) is 12.0 Å². The van der Waals surface area contributed by atoms with Crippen LogP contribution in [0.1, 0.15) is 5.69 Å². The average Bonchev–Trinajstić information content (AvgIpc) is 2.92. The molecule has 8 nitrogen and oxygen atoms in total. The van der Waals surface area contributed by atoms with E-state index in [4.69, 9.17) is 5.84 Å². The molecule has 2 aromatic heterocycles. The van der Waals surface area contributed by atoms with Crippen LogP contribution in [0.4, 0.5) is 5.82 Å². The maximum atomic E-state index is 12.0. The maximum Gasteiger partial charge on any atom is 0.240 e. The standard InChI is InChI=1S/C10H14N6O2S/c11-16-10-5-9(2-3-13-10)19(17,18)15-4-1-8-6-12-7-14-8/h2-3,5-7,15H,1,4,11H2,(H,12,14)(H,13,16). The molecular formula is C10H14N6O2S. The highest BCUT2D eigenvalue weighted by atomic mass is 32.2. The third-order valence-electron chi connectivity index (χ3n) is 2.43. The van der Waals surface area contributed by atoms with Gasteiger partial charge in [-0.2, -0.15) is 0 Å². The molecule has 0 saturated carbocycles. The zero-order valence-electron chi connectivity index (χ0n) is 10.00. The van der Waals surface area contributed by atoms with Gasteiger partial charge >= 0.3 is 0 Å². The van der Waals surface area contributed by atoms with Gasteiger partial charge in [-0.3, -0.25) is 0 Å². The lowest BCUT2D eigenvalue weighted by molar-refractivity contribution is 0.581. The molecular weight excluding hydrogens is 268 g/mol. The molecule has 5 N–H and O–H groups in total. The Morgan fingerprint density at radius 2 is 2.26 bits per heavy atom. The number of imidazole rings is 1. The number of nitrogens with zero attached hydrogens (tertiary/aromatic N) is 2. The summed E-state index contributed by atoms with van der Waals surface area (Å²) < 4.78 is 26.5. The predicted molar refractivity (Wildman–Crippen MR) is 69.5 cm³/mol. The highest BCUT2D eigenvalue weighted by Crippen LogP contribution is 2.11. The van der Waals surface area contributed by atoms with Crippen molar-refractivity contribution >= 4 is 15.8 Å². The lowest BCUT2D eigenvalue weighted by Gasteiger charge is -2.07. The molecule has 0 spiro atoms. The third-order valence-corrected chi connectivity index (χ3v) is 3.89. The van der Waals surface area contributed by atoms with Crippen molar-refractivity contribution in [3.8, 4) is 0 Å². The molecule has 0 aliphatic heterocycles. The number of aromatic amines is 1. The first-order chi connectivity index (χ1) is 9.12. The molecule has 9 heteroatoms. The van der Waals surface area contributed by atoms with E-state index in [1.807, 2.05) is 0 Å². The fourth-order valence-electron chi connectivity index (χ4n) is 1.48. The van der Waals surface area contributed by atoms with Crippen LogP contribution in [0.3, 0.4) is 0 Å². The van der Waals surface area contributed by atoms with Crippen LogP contribution in [-0.2, 0) is 16.4 Å². The number of sulfonamides is 1. The maximum absolute atomic E-state index is 12.0. The number of anilines is 1. The van der Waals surface area contributed by atoms with Crippen LogP contribution in [0, 0.1) is 0 Å². The highest BCUT2D eigenvalue weighted by molar-refractivity contribution is 7.89. The molecule has 0 fully saturated rings. The molecule has 2 aromatic rings. The van der Waals surface area contributed by atoms with Gasteiger partial charge in [-0.15, -0.1) is 0 Å². The molecule has 19 heavy (non-hydrogen) atoms. The summed E-state index contributed by atoms with van der Waals surface area (Å²) in [5.74, 6) is 5.48. The number of aromatic nitrogens is 3. The van der Waals surface area contributed by atoms with Crippen LogP contribution in [0.15, 0.2) is 35.7 Å². The van der Waals surface area contributed by atoms with Crippen molar-refractivity contribution < 1.29 is 8.42 Å². The Labute approximate surface area is 110 Å². The lowest BCUT2D eigenvalue weighted by Crippen LogP contribution is -2.26. The summed E-state index contributed by atoms with van der Waals surface area (Å²) in [4.78, 5) is 10.7. The Kier molecular flexibility index (Phi) is 4.10. The van der Waals surface area contributed by atoms with Gasteiger partial charge in [0.25, 0.3) is 0 Å². The zero-order chi connectivity index (χ0) is 13.7. The van der Waals surface area contributed by atoms with E-state index in [2.05, 4.69) is 25.1 Å². The Morgan fingerprint density at radius 3 is 2.95 bits per heavy atom. The average molecular weight is 282 g/mol. The largest absolute Gasteiger partial charge is 0.348 e. The van der Waals surface area contributed by atoms with Crippen LogP contribution in [0.25, 0.3) is 0 Å². The van der Waals surface area contributed by atoms with Crippen molar-refractivity contribution in [3.05, 3.63) is 36.5 Å². The van der Waals surface area contributed by atoms with Gasteiger partial charge in [-0.1, -0.05) is 0 Å². The van der Waals surface area contributed by atoms with Crippen LogP contribution in [-0.4, -0.2) is 29.9 Å². The SMILES string of the molecule is NNc1cc(S(=O)(=O)NCCc2cnc[nH]2)ccn1. The van der Waals surface area contributed by atoms with Crippen LogP contribution in [0.5, 0.6) is 0 Å². The van der Waals surface area contributed by atoms with Gasteiger partial charge in [-0.05, 0) is 6.07 Å². The Hall–Kier alpha value is -1.97. The number of rotatable bonds is 6. The summed E-state index contributed by atoms with van der Waals surface area (Å²) in [6.07, 6.45) is 5.11. The van der Waals surface area contributed by atoms with Gasteiger partial charge < -0.3 is 10.4 Å². The zero-order valence-corrected chi connectivity index (χ0v) is 10.8. The van der Waals surface area contributed by atoms with Crippen molar-refractivity contribution in [3.63, 3.8) is 0 Å². The second-order valence-electron chi connectivity index (χ2n) is 3.75. The van der Waals surface area contributed by atoms with E-state index in [0.29, 0.717) is 6.42 Å². The normalized spacial score (nSPS) is 11.4. The molecule has 0 amide bonds. The molecule has 0 saturated heterocycles. The number of hydrazine groups is 1. The fourth-order valence-corrected chi connectivity index (χ4v) is 2.53. The number of nitrogens with one attached hydrogen (secondary N) is 3. The van der Waals surface area contributed by atoms with E-state index >= 15 is 0 Å². The van der Waals surface area contributed by atoms with Crippen LogP contribution in [0.2, 0.25) is 0 Å². The van der Waals surface area contributed by atoms with E-state index < -0.39 is 10.0 Å². The Morgan fingerprint density at radius 1 is 1.42 bits per heavy atom. The Bertz CT molecular complexity index is 625. The van der Waals surface area contributed by atoms with Gasteiger partial charge in [0.1, 0.15) is 5.82 Å². The van der Waals surface area contributed by atoms with Crippen molar-refractivity contribution in [1.29, 1.82) is 0 Å². The summed E-state index contributed by atoms with van der Waals surface area (Å²) in [6.45, 7) is 0.276. The smallest absolute Gasteiger partial charge is 0.240 e. The molecule has 0 aromatic carbocycles. The quantitative estimate of drug-likeness (QED) is 0.422. The molecule has 2 heterocycles. The summed E-state index contributed by atoms with van der Waals surface area (Å²) in [5.41, 5.74) is 3.16. The monoisotopic (exact) mass is 282 g/mol. The third kappa shape index (κ3) is 3.50. The van der Waals surface area contributed by atoms with Gasteiger partial charge in [0.05, 0.1) is 11.2 Å². The van der Waals surface area contributed by atoms with Crippen molar-refractivity contribution in [1.82, 2.24) is 19.7 Å². The number of H-pyrrole nitrogens is 1. The second-order valence-corrected chi connectivity index (χ2v) is 5.51. The second kappa shape index (κ2) is 5.78. The summed E-state index contributed by atoms with van der Waals surface area (Å²) in [6, 6.07) is 2.76. The number of hydrogen-bond acceptors (Lipinski definition) is 6. The van der Waals surface area contributed by atoms with E-state index in [-0.39, 0.29) is 17.3 Å². The molecule has 0 unspecified atom stereocenters. The molecule has 2 rings (SSSR count). The lowest BCUT2D eigenvalue weighted by atomic mass is 10.3. The van der Waals surface area contributed by atoms with Crippen LogP contribution >= 0.6 is 0 Å². The first kappa shape index (κ1) is 13.5. The molecule has 0 aliphatic carbocycles. The number of nitrogens with two attached hydrogens (primary N) is 1. The number of hydrogen-bond donors (Lipinski definition) is 4. The van der Waals surface area contributed by atoms with Crippen molar-refractivity contribution in [2.24, 2.45) is 5.84 Å². The molecule has 0 bridgehead atoms. The van der Waals surface area contributed by atoms with Gasteiger partial charge in [0.2, 0.25) is 10.0 Å². The topological polar surface area (TPSA) is 126 Å². The van der Waals surface area contributed by atoms with Gasteiger partial charge in [0.15, 0.2) is 0 Å². The molecule has 0 radical (unpaired) electrons. The molecule has 102 valence electrons. The minimum atomic E-state index is -3.57. The number of nitrogen functional groups attached to an aromatic ring is 1. The minimum absolute atomic E-state index is 0.111. The minimum Gasteiger partial charge on any atom is -0.348 e. The van der Waals surface area contributed by atoms with E-state index in [0.717, 1.165) is 5.69 Å². The van der Waals surface area contributed by atoms with Gasteiger partial charge in [0, 0.05) is 37.1 Å². The summed E-state index contributed by atoms with van der Waals surface area (Å²) >= 11 is 0. The van der Waals surface area contributed by atoms with Gasteiger partial charge in [-0.25, -0.2) is 29.0 Å². The Balaban J connectivity index is 2.01. The van der Waals surface area contributed by atoms with Crippen molar-refractivity contribution in [2.45, 2.75) is 11.3 Å². The predicted octanol–water partition coefficient (Wildman–Crippen LogP) is -0.389. The fraction of sp³-hybridized carbons (Fsp3) is 0.200. The van der Waals surface area contributed by atoms with Crippen LogP contribution < -0.4 is 16.0 Å².